The highest BCUT2D eigenvalue weighted by molar-refractivity contribution is 6.33. The van der Waals surface area contributed by atoms with Crippen LogP contribution in [0, 0.1) is 0 Å². The van der Waals surface area contributed by atoms with Crippen LogP contribution in [0.4, 0.5) is 5.69 Å². The first kappa shape index (κ1) is 16.3. The van der Waals surface area contributed by atoms with E-state index < -0.39 is 6.10 Å². The molecule has 2 N–H and O–H groups in total. The molecule has 19 heavy (non-hydrogen) atoms. The summed E-state index contributed by atoms with van der Waals surface area (Å²) >= 11 is 6.33. The van der Waals surface area contributed by atoms with E-state index in [1.165, 1.54) is 0 Å². The van der Waals surface area contributed by atoms with Gasteiger partial charge in [-0.3, -0.25) is 0 Å². The van der Waals surface area contributed by atoms with Crippen LogP contribution in [0.5, 0.6) is 0 Å². The average Bonchev–Trinajstić information content (AvgIpc) is 2.39. The molecule has 0 aliphatic heterocycles. The Morgan fingerprint density at radius 1 is 1.26 bits per heavy atom. The van der Waals surface area contributed by atoms with Crippen LogP contribution in [0.25, 0.3) is 0 Å². The second kappa shape index (κ2) is 7.73. The van der Waals surface area contributed by atoms with Crippen molar-refractivity contribution in [1.29, 1.82) is 0 Å². The number of aliphatic hydroxyl groups is 2. The van der Waals surface area contributed by atoms with E-state index in [4.69, 9.17) is 11.6 Å². The lowest BCUT2D eigenvalue weighted by molar-refractivity contribution is 0.199. The number of hydrogen-bond donors (Lipinski definition) is 2. The molecule has 0 heterocycles. The minimum absolute atomic E-state index is 0.102. The predicted molar refractivity (Wildman–Crippen MR) is 80.9 cm³/mol. The molecule has 0 bridgehead atoms. The fourth-order valence-electron chi connectivity index (χ4n) is 2.35. The van der Waals surface area contributed by atoms with Crippen LogP contribution in [-0.4, -0.2) is 29.4 Å². The largest absolute Gasteiger partial charge is 0.395 e. The van der Waals surface area contributed by atoms with Crippen LogP contribution in [0.1, 0.15) is 45.3 Å². The third kappa shape index (κ3) is 4.10. The number of benzene rings is 1. The summed E-state index contributed by atoms with van der Waals surface area (Å²) in [5, 5.41) is 19.4. The molecule has 0 saturated carbocycles. The summed E-state index contributed by atoms with van der Waals surface area (Å²) in [4.78, 5) is 2.15. The van der Waals surface area contributed by atoms with Crippen LogP contribution in [0.2, 0.25) is 5.02 Å². The molecule has 0 aromatic heterocycles. The van der Waals surface area contributed by atoms with E-state index in [0.29, 0.717) is 17.6 Å². The summed E-state index contributed by atoms with van der Waals surface area (Å²) in [5.41, 5.74) is 1.73. The molecule has 4 heteroatoms. The molecule has 0 aliphatic carbocycles. The van der Waals surface area contributed by atoms with Crippen LogP contribution < -0.4 is 4.90 Å². The first-order chi connectivity index (χ1) is 9.04. The number of nitrogens with zero attached hydrogens (tertiary/aromatic N) is 1. The van der Waals surface area contributed by atoms with Crippen LogP contribution >= 0.6 is 11.6 Å². The van der Waals surface area contributed by atoms with Gasteiger partial charge in [-0.2, -0.15) is 0 Å². The first-order valence-corrected chi connectivity index (χ1v) is 7.27. The minimum Gasteiger partial charge on any atom is -0.395 e. The van der Waals surface area contributed by atoms with Gasteiger partial charge in [0.15, 0.2) is 0 Å². The Morgan fingerprint density at radius 3 is 2.32 bits per heavy atom. The summed E-state index contributed by atoms with van der Waals surface area (Å²) in [6, 6.07) is 5.98. The molecule has 3 nitrogen and oxygen atoms in total. The van der Waals surface area contributed by atoms with Crippen molar-refractivity contribution in [2.45, 2.75) is 45.8 Å². The molecule has 0 amide bonds. The highest BCUT2D eigenvalue weighted by Crippen LogP contribution is 2.31. The summed E-state index contributed by atoms with van der Waals surface area (Å²) in [5.74, 6) is 0. The van der Waals surface area contributed by atoms with Gasteiger partial charge in [-0.25, -0.2) is 0 Å². The monoisotopic (exact) mass is 285 g/mol. The average molecular weight is 286 g/mol. The summed E-state index contributed by atoms with van der Waals surface area (Å²) < 4.78 is 0. The van der Waals surface area contributed by atoms with Crippen molar-refractivity contribution in [1.82, 2.24) is 0 Å². The van der Waals surface area contributed by atoms with Gasteiger partial charge in [0.25, 0.3) is 0 Å². The molecule has 0 spiro atoms. The van der Waals surface area contributed by atoms with Gasteiger partial charge in [0.05, 0.1) is 23.4 Å². The van der Waals surface area contributed by atoms with Gasteiger partial charge in [0.2, 0.25) is 0 Å². The van der Waals surface area contributed by atoms with E-state index in [2.05, 4.69) is 18.7 Å². The van der Waals surface area contributed by atoms with Gasteiger partial charge in [-0.05, 0) is 37.5 Å². The van der Waals surface area contributed by atoms with E-state index in [0.717, 1.165) is 24.1 Å². The Kier molecular flexibility index (Phi) is 6.63. The number of hydrogen-bond acceptors (Lipinski definition) is 3. The highest BCUT2D eigenvalue weighted by Gasteiger charge is 2.18. The third-order valence-corrected chi connectivity index (χ3v) is 3.79. The molecule has 0 unspecified atom stereocenters. The Morgan fingerprint density at radius 2 is 1.89 bits per heavy atom. The normalized spacial score (nSPS) is 12.8. The van der Waals surface area contributed by atoms with E-state index >= 15 is 0 Å². The molecule has 0 aliphatic rings. The molecule has 0 saturated heterocycles. The van der Waals surface area contributed by atoms with Gasteiger partial charge >= 0.3 is 0 Å². The summed E-state index contributed by atoms with van der Waals surface area (Å²) in [7, 11) is 0. The van der Waals surface area contributed by atoms with E-state index in [1.54, 1.807) is 13.0 Å². The van der Waals surface area contributed by atoms with Gasteiger partial charge in [-0.1, -0.05) is 31.5 Å². The molecule has 0 radical (unpaired) electrons. The molecular weight excluding hydrogens is 262 g/mol. The quantitative estimate of drug-likeness (QED) is 0.807. The number of halogens is 1. The van der Waals surface area contributed by atoms with Crippen molar-refractivity contribution in [2.24, 2.45) is 0 Å². The zero-order valence-electron chi connectivity index (χ0n) is 11.9. The maximum absolute atomic E-state index is 9.57. The Labute approximate surface area is 120 Å². The maximum atomic E-state index is 9.57. The lowest BCUT2D eigenvalue weighted by Crippen LogP contribution is -2.37. The van der Waals surface area contributed by atoms with Crippen molar-refractivity contribution < 1.29 is 10.2 Å². The SMILES string of the molecule is CCC(CC)N(CCO)c1ccc([C@@H](C)O)cc1Cl. The number of rotatable bonds is 7. The summed E-state index contributed by atoms with van der Waals surface area (Å²) in [6.07, 6.45) is 1.49. The second-order valence-electron chi connectivity index (χ2n) is 4.77. The van der Waals surface area contributed by atoms with Crippen molar-refractivity contribution >= 4 is 17.3 Å². The molecule has 1 rings (SSSR count). The van der Waals surface area contributed by atoms with Crippen molar-refractivity contribution in [3.63, 3.8) is 0 Å². The first-order valence-electron chi connectivity index (χ1n) is 6.90. The van der Waals surface area contributed by atoms with Crippen molar-refractivity contribution in [3.8, 4) is 0 Å². The number of anilines is 1. The fraction of sp³-hybridized carbons (Fsp3) is 0.600. The Balaban J connectivity index is 3.08. The van der Waals surface area contributed by atoms with Gasteiger partial charge < -0.3 is 15.1 Å². The van der Waals surface area contributed by atoms with Gasteiger partial charge in [0, 0.05) is 12.6 Å². The topological polar surface area (TPSA) is 43.7 Å². The highest BCUT2D eigenvalue weighted by atomic mass is 35.5. The lowest BCUT2D eigenvalue weighted by Gasteiger charge is -2.33. The third-order valence-electron chi connectivity index (χ3n) is 3.49. The van der Waals surface area contributed by atoms with Crippen molar-refractivity contribution in [3.05, 3.63) is 28.8 Å². The van der Waals surface area contributed by atoms with Gasteiger partial charge in [-0.15, -0.1) is 0 Å². The molecule has 1 atom stereocenters. The van der Waals surface area contributed by atoms with Crippen LogP contribution in [0.3, 0.4) is 0 Å². The Bertz CT molecular complexity index is 392. The van der Waals surface area contributed by atoms with E-state index in [1.807, 2.05) is 12.1 Å². The molecule has 108 valence electrons. The molecule has 0 fully saturated rings. The van der Waals surface area contributed by atoms with Crippen molar-refractivity contribution in [2.75, 3.05) is 18.1 Å². The zero-order chi connectivity index (χ0) is 14.4. The fourth-order valence-corrected chi connectivity index (χ4v) is 2.65. The van der Waals surface area contributed by atoms with Crippen LogP contribution in [-0.2, 0) is 0 Å². The smallest absolute Gasteiger partial charge is 0.0762 e. The maximum Gasteiger partial charge on any atom is 0.0762 e. The molecule has 1 aromatic carbocycles. The van der Waals surface area contributed by atoms with Crippen LogP contribution in [0.15, 0.2) is 18.2 Å². The van der Waals surface area contributed by atoms with E-state index in [9.17, 15) is 10.2 Å². The van der Waals surface area contributed by atoms with E-state index in [-0.39, 0.29) is 6.61 Å². The second-order valence-corrected chi connectivity index (χ2v) is 5.18. The zero-order valence-corrected chi connectivity index (χ0v) is 12.7. The molecule has 1 aromatic rings. The standard InChI is InChI=1S/C15H24ClNO2/c1-4-13(5-2)17(8-9-18)15-7-6-12(11(3)19)10-14(15)16/h6-7,10-11,13,18-19H,4-5,8-9H2,1-3H3/t11-/m1/s1. The van der Waals surface area contributed by atoms with Gasteiger partial charge in [0.1, 0.15) is 0 Å². The predicted octanol–water partition coefficient (Wildman–Crippen LogP) is 3.38. The Hall–Kier alpha value is -0.770. The number of aliphatic hydroxyl groups excluding tert-OH is 2. The minimum atomic E-state index is -0.522. The molecular formula is C15H24ClNO2. The summed E-state index contributed by atoms with van der Waals surface area (Å²) in [6.45, 7) is 6.66. The lowest BCUT2D eigenvalue weighted by atomic mass is 10.1.